The highest BCUT2D eigenvalue weighted by Gasteiger charge is 2.34. The molecule has 1 aliphatic heterocycles. The van der Waals surface area contributed by atoms with E-state index < -0.39 is 0 Å². The van der Waals surface area contributed by atoms with Gasteiger partial charge in [0.1, 0.15) is 5.01 Å². The Hall–Kier alpha value is -0.740. The summed E-state index contributed by atoms with van der Waals surface area (Å²) in [5.41, 5.74) is 0.665. The van der Waals surface area contributed by atoms with Crippen LogP contribution in [0.4, 0.5) is 0 Å². The van der Waals surface area contributed by atoms with Crippen LogP contribution >= 0.6 is 11.3 Å². The quantitative estimate of drug-likeness (QED) is 0.840. The predicted octanol–water partition coefficient (Wildman–Crippen LogP) is 2.83. The fourth-order valence-electron chi connectivity index (χ4n) is 2.47. The number of aryl methyl sites for hydroxylation is 1. The molecule has 0 N–H and O–H groups in total. The zero-order chi connectivity index (χ0) is 13.2. The molecule has 1 aliphatic rings. The van der Waals surface area contributed by atoms with Crippen molar-refractivity contribution in [2.75, 3.05) is 13.1 Å². The molecular formula is C14H22N2OS. The fourth-order valence-corrected chi connectivity index (χ4v) is 3.24. The molecule has 2 rings (SSSR count). The second-order valence-electron chi connectivity index (χ2n) is 5.59. The number of nitrogens with zero attached hydrogens (tertiary/aromatic N) is 2. The minimum absolute atomic E-state index is 0.291. The summed E-state index contributed by atoms with van der Waals surface area (Å²) >= 11 is 1.59. The number of thiazole rings is 1. The van der Waals surface area contributed by atoms with Crippen LogP contribution in [-0.2, 0) is 11.2 Å². The third-order valence-corrected chi connectivity index (χ3v) is 4.77. The molecule has 0 atom stereocenters. The van der Waals surface area contributed by atoms with Gasteiger partial charge < -0.3 is 0 Å². The highest BCUT2D eigenvalue weighted by atomic mass is 32.1. The van der Waals surface area contributed by atoms with Crippen LogP contribution in [-0.4, -0.2) is 34.3 Å². The molecule has 1 aromatic heterocycles. The highest BCUT2D eigenvalue weighted by molar-refractivity contribution is 7.09. The second-order valence-corrected chi connectivity index (χ2v) is 6.53. The number of ketones is 1. The molecule has 1 aromatic rings. The zero-order valence-electron chi connectivity index (χ0n) is 11.5. The molecule has 1 fully saturated rings. The number of Topliss-reactive ketones (excluding diaryl/α,β-unsaturated/α-hetero) is 1. The minimum Gasteiger partial charge on any atom is -0.297 e. The van der Waals surface area contributed by atoms with Crippen LogP contribution in [0.25, 0.3) is 0 Å². The van der Waals surface area contributed by atoms with Gasteiger partial charge in [0.25, 0.3) is 0 Å². The van der Waals surface area contributed by atoms with Gasteiger partial charge in [0.05, 0.1) is 12.0 Å². The standard InChI is InChI=1S/C14H22N2OS/c1-11-10-18-13(15-11)9-12(17)14(2,3)16-7-5-4-6-8-16/h10H,4-9H2,1-3H3. The highest BCUT2D eigenvalue weighted by Crippen LogP contribution is 2.23. The topological polar surface area (TPSA) is 33.2 Å². The van der Waals surface area contributed by atoms with E-state index in [9.17, 15) is 4.79 Å². The summed E-state index contributed by atoms with van der Waals surface area (Å²) in [5, 5.41) is 2.96. The summed E-state index contributed by atoms with van der Waals surface area (Å²) in [6.45, 7) is 8.19. The Morgan fingerprint density at radius 3 is 2.61 bits per heavy atom. The van der Waals surface area contributed by atoms with Crippen LogP contribution in [0.15, 0.2) is 5.38 Å². The maximum atomic E-state index is 12.5. The molecule has 0 bridgehead atoms. The first-order chi connectivity index (χ1) is 8.50. The van der Waals surface area contributed by atoms with E-state index in [0.29, 0.717) is 12.2 Å². The Bertz CT molecular complexity index is 419. The third-order valence-electron chi connectivity index (χ3n) is 3.81. The van der Waals surface area contributed by atoms with Crippen LogP contribution < -0.4 is 0 Å². The summed E-state index contributed by atoms with van der Waals surface area (Å²) in [6.07, 6.45) is 4.20. The Balaban J connectivity index is 2.02. The van der Waals surface area contributed by atoms with E-state index in [4.69, 9.17) is 0 Å². The number of hydrogen-bond acceptors (Lipinski definition) is 4. The van der Waals surface area contributed by atoms with Gasteiger partial charge in [-0.3, -0.25) is 9.69 Å². The van der Waals surface area contributed by atoms with Gasteiger partial charge in [-0.15, -0.1) is 11.3 Å². The van der Waals surface area contributed by atoms with Crippen LogP contribution in [0.3, 0.4) is 0 Å². The van der Waals surface area contributed by atoms with E-state index in [1.54, 1.807) is 11.3 Å². The number of hydrogen-bond donors (Lipinski definition) is 0. The summed E-state index contributed by atoms with van der Waals surface area (Å²) in [6, 6.07) is 0. The van der Waals surface area contributed by atoms with Crippen molar-refractivity contribution in [3.8, 4) is 0 Å². The number of carbonyl (C=O) groups is 1. The lowest BCUT2D eigenvalue weighted by atomic mass is 9.92. The van der Waals surface area contributed by atoms with Crippen molar-refractivity contribution in [2.24, 2.45) is 0 Å². The third kappa shape index (κ3) is 2.98. The van der Waals surface area contributed by atoms with E-state index in [-0.39, 0.29) is 5.54 Å². The lowest BCUT2D eigenvalue weighted by molar-refractivity contribution is -0.129. The van der Waals surface area contributed by atoms with Gasteiger partial charge in [0, 0.05) is 11.1 Å². The maximum absolute atomic E-state index is 12.5. The number of carbonyl (C=O) groups excluding carboxylic acids is 1. The number of aromatic nitrogens is 1. The van der Waals surface area contributed by atoms with Crippen LogP contribution in [0.5, 0.6) is 0 Å². The van der Waals surface area contributed by atoms with Gasteiger partial charge in [-0.25, -0.2) is 4.98 Å². The molecule has 100 valence electrons. The fraction of sp³-hybridized carbons (Fsp3) is 0.714. The zero-order valence-corrected chi connectivity index (χ0v) is 12.3. The summed E-state index contributed by atoms with van der Waals surface area (Å²) < 4.78 is 0. The first kappa shape index (κ1) is 13.7. The van der Waals surface area contributed by atoms with Crippen molar-refractivity contribution in [1.82, 2.24) is 9.88 Å². The molecule has 0 aliphatic carbocycles. The molecule has 3 nitrogen and oxygen atoms in total. The molecule has 0 aromatic carbocycles. The molecule has 2 heterocycles. The molecule has 0 unspecified atom stereocenters. The smallest absolute Gasteiger partial charge is 0.159 e. The van der Waals surface area contributed by atoms with Gasteiger partial charge in [-0.05, 0) is 46.7 Å². The van der Waals surface area contributed by atoms with Crippen LogP contribution in [0, 0.1) is 6.92 Å². The summed E-state index contributed by atoms with van der Waals surface area (Å²) in [7, 11) is 0. The summed E-state index contributed by atoms with van der Waals surface area (Å²) in [5.74, 6) is 0.291. The summed E-state index contributed by atoms with van der Waals surface area (Å²) in [4.78, 5) is 19.2. The van der Waals surface area contributed by atoms with Gasteiger partial charge in [0.15, 0.2) is 5.78 Å². The van der Waals surface area contributed by atoms with E-state index in [2.05, 4.69) is 23.7 Å². The molecule has 0 amide bonds. The van der Waals surface area contributed by atoms with E-state index >= 15 is 0 Å². The Morgan fingerprint density at radius 2 is 2.06 bits per heavy atom. The van der Waals surface area contributed by atoms with Crippen molar-refractivity contribution in [3.63, 3.8) is 0 Å². The van der Waals surface area contributed by atoms with Crippen LogP contribution in [0.2, 0.25) is 0 Å². The lowest BCUT2D eigenvalue weighted by Gasteiger charge is -2.39. The first-order valence-corrected chi connectivity index (χ1v) is 7.57. The maximum Gasteiger partial charge on any atom is 0.159 e. The first-order valence-electron chi connectivity index (χ1n) is 6.69. The molecular weight excluding hydrogens is 244 g/mol. The molecule has 0 radical (unpaired) electrons. The van der Waals surface area contributed by atoms with E-state index in [0.717, 1.165) is 23.8 Å². The molecule has 0 saturated carbocycles. The molecule has 1 saturated heterocycles. The second kappa shape index (κ2) is 5.49. The van der Waals surface area contributed by atoms with Crippen molar-refractivity contribution >= 4 is 17.1 Å². The largest absolute Gasteiger partial charge is 0.297 e. The normalized spacial score (nSPS) is 17.9. The monoisotopic (exact) mass is 266 g/mol. The Kier molecular flexibility index (Phi) is 4.17. The van der Waals surface area contributed by atoms with Crippen molar-refractivity contribution in [2.45, 2.75) is 52.0 Å². The van der Waals surface area contributed by atoms with E-state index in [1.165, 1.54) is 19.3 Å². The van der Waals surface area contributed by atoms with Crippen molar-refractivity contribution in [1.29, 1.82) is 0 Å². The van der Waals surface area contributed by atoms with Crippen LogP contribution in [0.1, 0.15) is 43.8 Å². The SMILES string of the molecule is Cc1csc(CC(=O)C(C)(C)N2CCCCC2)n1. The predicted molar refractivity (Wildman–Crippen MR) is 75.1 cm³/mol. The minimum atomic E-state index is -0.347. The number of rotatable bonds is 4. The van der Waals surface area contributed by atoms with Gasteiger partial charge in [-0.2, -0.15) is 0 Å². The molecule has 18 heavy (non-hydrogen) atoms. The Morgan fingerprint density at radius 1 is 1.39 bits per heavy atom. The molecule has 0 spiro atoms. The Labute approximate surface area is 113 Å². The lowest BCUT2D eigenvalue weighted by Crippen LogP contribution is -2.52. The van der Waals surface area contributed by atoms with E-state index in [1.807, 2.05) is 12.3 Å². The average Bonchev–Trinajstić information content (AvgIpc) is 2.76. The van der Waals surface area contributed by atoms with Crippen molar-refractivity contribution < 1.29 is 4.79 Å². The van der Waals surface area contributed by atoms with Gasteiger partial charge in [0.2, 0.25) is 0 Å². The van der Waals surface area contributed by atoms with Crippen molar-refractivity contribution in [3.05, 3.63) is 16.1 Å². The number of likely N-dealkylation sites (tertiary alicyclic amines) is 1. The number of piperidine rings is 1. The average molecular weight is 266 g/mol. The van der Waals surface area contributed by atoms with Gasteiger partial charge in [-0.1, -0.05) is 6.42 Å². The molecule has 4 heteroatoms. The van der Waals surface area contributed by atoms with Gasteiger partial charge >= 0.3 is 0 Å².